The van der Waals surface area contributed by atoms with Crippen molar-refractivity contribution in [1.29, 1.82) is 0 Å². The molecule has 1 aliphatic carbocycles. The third kappa shape index (κ3) is 2.83. The van der Waals surface area contributed by atoms with Gasteiger partial charge in [-0.1, -0.05) is 43.2 Å². The Bertz CT molecular complexity index is 491. The van der Waals surface area contributed by atoms with Crippen LogP contribution in [-0.2, 0) is 4.79 Å². The molecule has 0 spiro atoms. The molecule has 114 valence electrons. The summed E-state index contributed by atoms with van der Waals surface area (Å²) in [5.41, 5.74) is 0.606. The Labute approximate surface area is 125 Å². The molecule has 21 heavy (non-hydrogen) atoms. The van der Waals surface area contributed by atoms with E-state index in [1.807, 2.05) is 30.3 Å². The highest BCUT2D eigenvalue weighted by molar-refractivity contribution is 5.84. The van der Waals surface area contributed by atoms with Crippen molar-refractivity contribution in [2.75, 3.05) is 19.6 Å². The first-order valence-corrected chi connectivity index (χ1v) is 7.94. The molecule has 2 fully saturated rings. The summed E-state index contributed by atoms with van der Waals surface area (Å²) < 4.78 is 0. The molecule has 1 aromatic carbocycles. The van der Waals surface area contributed by atoms with Crippen molar-refractivity contribution < 1.29 is 9.90 Å². The summed E-state index contributed by atoms with van der Waals surface area (Å²) in [5, 5.41) is 16.5. The van der Waals surface area contributed by atoms with Gasteiger partial charge < -0.3 is 15.7 Å². The molecule has 0 aromatic heterocycles. The fraction of sp³-hybridized carbons (Fsp3) is 0.588. The second-order valence-corrected chi connectivity index (χ2v) is 6.37. The zero-order valence-corrected chi connectivity index (χ0v) is 12.3. The van der Waals surface area contributed by atoms with Crippen molar-refractivity contribution in [1.82, 2.24) is 10.6 Å². The number of amides is 1. The lowest BCUT2D eigenvalue weighted by Crippen LogP contribution is -2.48. The molecule has 3 rings (SSSR count). The van der Waals surface area contributed by atoms with Gasteiger partial charge in [-0.2, -0.15) is 0 Å². The fourth-order valence-corrected chi connectivity index (χ4v) is 3.85. The number of hydrogen-bond donors (Lipinski definition) is 3. The summed E-state index contributed by atoms with van der Waals surface area (Å²) >= 11 is 0. The Morgan fingerprint density at radius 2 is 2.19 bits per heavy atom. The molecule has 2 aliphatic rings. The highest BCUT2D eigenvalue weighted by Crippen LogP contribution is 2.43. The van der Waals surface area contributed by atoms with E-state index < -0.39 is 6.10 Å². The molecule has 3 N–H and O–H groups in total. The van der Waals surface area contributed by atoms with Gasteiger partial charge in [0.15, 0.2) is 0 Å². The number of nitrogens with one attached hydrogen (secondary N) is 2. The minimum atomic E-state index is -0.636. The van der Waals surface area contributed by atoms with E-state index in [4.69, 9.17) is 0 Å². The van der Waals surface area contributed by atoms with Gasteiger partial charge in [0, 0.05) is 13.1 Å². The number of carbonyl (C=O) groups excluding carboxylic acids is 1. The van der Waals surface area contributed by atoms with Gasteiger partial charge in [-0.15, -0.1) is 0 Å². The molecule has 0 bridgehead atoms. The zero-order chi connectivity index (χ0) is 14.7. The average molecular weight is 288 g/mol. The predicted molar refractivity (Wildman–Crippen MR) is 81.7 cm³/mol. The van der Waals surface area contributed by atoms with Crippen molar-refractivity contribution >= 4 is 5.91 Å². The average Bonchev–Trinajstić information content (AvgIpc) is 2.98. The highest BCUT2D eigenvalue weighted by Gasteiger charge is 2.49. The topological polar surface area (TPSA) is 61.4 Å². The number of aliphatic hydroxyl groups excluding tert-OH is 1. The Morgan fingerprint density at radius 1 is 1.38 bits per heavy atom. The normalized spacial score (nSPS) is 29.7. The van der Waals surface area contributed by atoms with Gasteiger partial charge in [0.2, 0.25) is 5.91 Å². The van der Waals surface area contributed by atoms with Gasteiger partial charge in [0.1, 0.15) is 0 Å². The number of hydrogen-bond acceptors (Lipinski definition) is 3. The van der Waals surface area contributed by atoms with Crippen LogP contribution >= 0.6 is 0 Å². The van der Waals surface area contributed by atoms with E-state index in [1.165, 1.54) is 6.42 Å². The fourth-order valence-electron chi connectivity index (χ4n) is 3.85. The summed E-state index contributed by atoms with van der Waals surface area (Å²) in [6, 6.07) is 9.49. The number of carbonyl (C=O) groups is 1. The molecule has 0 radical (unpaired) electrons. The van der Waals surface area contributed by atoms with Crippen LogP contribution in [0.3, 0.4) is 0 Å². The Morgan fingerprint density at radius 3 is 3.00 bits per heavy atom. The van der Waals surface area contributed by atoms with Crippen LogP contribution in [0.5, 0.6) is 0 Å². The number of fused-ring (bicyclic) bond motifs is 1. The maximum atomic E-state index is 12.7. The van der Waals surface area contributed by atoms with E-state index in [9.17, 15) is 9.90 Å². The largest absolute Gasteiger partial charge is 0.387 e. The minimum absolute atomic E-state index is 0.118. The van der Waals surface area contributed by atoms with E-state index in [1.54, 1.807) is 0 Å². The van der Waals surface area contributed by atoms with Crippen LogP contribution in [0.2, 0.25) is 0 Å². The minimum Gasteiger partial charge on any atom is -0.387 e. The molecule has 1 heterocycles. The summed E-state index contributed by atoms with van der Waals surface area (Å²) in [7, 11) is 0. The van der Waals surface area contributed by atoms with Crippen molar-refractivity contribution in [3.63, 3.8) is 0 Å². The molecular weight excluding hydrogens is 264 g/mol. The molecule has 3 atom stereocenters. The van der Waals surface area contributed by atoms with E-state index in [0.29, 0.717) is 5.92 Å². The molecule has 1 saturated carbocycles. The summed E-state index contributed by atoms with van der Waals surface area (Å²) in [5.74, 6) is 0.576. The van der Waals surface area contributed by atoms with E-state index in [-0.39, 0.29) is 17.9 Å². The molecule has 1 amide bonds. The lowest BCUT2D eigenvalue weighted by Gasteiger charge is -2.37. The highest BCUT2D eigenvalue weighted by atomic mass is 16.3. The Balaban J connectivity index is 1.61. The standard InChI is InChI=1S/C17H24N2O2/c20-15(13-6-2-1-3-7-13)11-19-16(21)17-9-5-4-8-14(17)10-18-12-17/h1-3,6-7,14-15,18,20H,4-5,8-12H2,(H,19,21)/t14-,15?,17+/m0/s1. The molecule has 1 aliphatic heterocycles. The molecule has 1 unspecified atom stereocenters. The number of rotatable bonds is 4. The van der Waals surface area contributed by atoms with E-state index in [0.717, 1.165) is 37.9 Å². The first kappa shape index (κ1) is 14.5. The molecule has 1 saturated heterocycles. The van der Waals surface area contributed by atoms with Crippen molar-refractivity contribution in [3.8, 4) is 0 Å². The molecule has 4 nitrogen and oxygen atoms in total. The number of benzene rings is 1. The van der Waals surface area contributed by atoms with E-state index in [2.05, 4.69) is 10.6 Å². The lowest BCUT2D eigenvalue weighted by atomic mass is 9.67. The smallest absolute Gasteiger partial charge is 0.227 e. The van der Waals surface area contributed by atoms with Crippen LogP contribution in [0.25, 0.3) is 0 Å². The SMILES string of the molecule is O=C(NCC(O)c1ccccc1)[C@@]12CCCC[C@H]1CNC2. The molecule has 4 heteroatoms. The van der Waals surface area contributed by atoms with Gasteiger partial charge in [-0.3, -0.25) is 4.79 Å². The Kier molecular flexibility index (Phi) is 4.27. The van der Waals surface area contributed by atoms with Crippen LogP contribution in [-0.4, -0.2) is 30.6 Å². The van der Waals surface area contributed by atoms with Crippen LogP contribution < -0.4 is 10.6 Å². The summed E-state index contributed by atoms with van der Waals surface area (Å²) in [4.78, 5) is 12.7. The first-order valence-electron chi connectivity index (χ1n) is 7.94. The number of aliphatic hydroxyl groups is 1. The maximum Gasteiger partial charge on any atom is 0.227 e. The monoisotopic (exact) mass is 288 g/mol. The Hall–Kier alpha value is -1.39. The first-order chi connectivity index (χ1) is 10.2. The van der Waals surface area contributed by atoms with E-state index >= 15 is 0 Å². The van der Waals surface area contributed by atoms with Gasteiger partial charge in [0.05, 0.1) is 11.5 Å². The molecule has 1 aromatic rings. The van der Waals surface area contributed by atoms with Crippen LogP contribution in [0.4, 0.5) is 0 Å². The second kappa shape index (κ2) is 6.16. The quantitative estimate of drug-likeness (QED) is 0.789. The van der Waals surface area contributed by atoms with Crippen LogP contribution in [0.15, 0.2) is 30.3 Å². The van der Waals surface area contributed by atoms with Gasteiger partial charge in [-0.25, -0.2) is 0 Å². The second-order valence-electron chi connectivity index (χ2n) is 6.37. The third-order valence-electron chi connectivity index (χ3n) is 5.13. The lowest BCUT2D eigenvalue weighted by molar-refractivity contribution is -0.134. The molecular formula is C17H24N2O2. The van der Waals surface area contributed by atoms with Gasteiger partial charge in [-0.05, 0) is 30.9 Å². The predicted octanol–water partition coefficient (Wildman–Crippen LogP) is 1.62. The van der Waals surface area contributed by atoms with Crippen LogP contribution in [0, 0.1) is 11.3 Å². The zero-order valence-electron chi connectivity index (χ0n) is 12.3. The van der Waals surface area contributed by atoms with Crippen molar-refractivity contribution in [2.45, 2.75) is 31.8 Å². The maximum absolute atomic E-state index is 12.7. The third-order valence-corrected chi connectivity index (χ3v) is 5.13. The van der Waals surface area contributed by atoms with Gasteiger partial charge in [0.25, 0.3) is 0 Å². The van der Waals surface area contributed by atoms with Gasteiger partial charge >= 0.3 is 0 Å². The van der Waals surface area contributed by atoms with Crippen molar-refractivity contribution in [2.24, 2.45) is 11.3 Å². The summed E-state index contributed by atoms with van der Waals surface area (Å²) in [6.45, 7) is 2.02. The summed E-state index contributed by atoms with van der Waals surface area (Å²) in [6.07, 6.45) is 3.84. The van der Waals surface area contributed by atoms with Crippen molar-refractivity contribution in [3.05, 3.63) is 35.9 Å². The van der Waals surface area contributed by atoms with Crippen LogP contribution in [0.1, 0.15) is 37.4 Å².